The Kier molecular flexibility index (Phi) is 7.12. The molecule has 0 saturated carbocycles. The lowest BCUT2D eigenvalue weighted by atomic mass is 9.97. The van der Waals surface area contributed by atoms with Crippen molar-refractivity contribution >= 4 is 39.2 Å². The van der Waals surface area contributed by atoms with Crippen molar-refractivity contribution in [1.29, 1.82) is 0 Å². The fourth-order valence-corrected chi connectivity index (χ4v) is 5.17. The molecule has 9 heteroatoms. The Labute approximate surface area is 181 Å². The van der Waals surface area contributed by atoms with E-state index < -0.39 is 16.0 Å². The lowest BCUT2D eigenvalue weighted by Gasteiger charge is -2.30. The zero-order chi connectivity index (χ0) is 21.7. The van der Waals surface area contributed by atoms with Crippen molar-refractivity contribution in [2.45, 2.75) is 18.6 Å². The lowest BCUT2D eigenvalue weighted by molar-refractivity contribution is -0.120. The van der Waals surface area contributed by atoms with Crippen molar-refractivity contribution in [2.24, 2.45) is 5.92 Å². The van der Waals surface area contributed by atoms with Crippen LogP contribution in [0, 0.1) is 5.92 Å². The maximum absolute atomic E-state index is 12.7. The molecule has 1 aliphatic rings. The molecule has 1 saturated heterocycles. The highest BCUT2D eigenvalue weighted by Crippen LogP contribution is 2.24. The average Bonchev–Trinajstić information content (AvgIpc) is 2.73. The fourth-order valence-electron chi connectivity index (χ4n) is 3.41. The van der Waals surface area contributed by atoms with Crippen molar-refractivity contribution in [2.75, 3.05) is 25.5 Å². The Morgan fingerprint density at radius 2 is 1.83 bits per heavy atom. The molecule has 1 N–H and O–H groups in total. The van der Waals surface area contributed by atoms with Crippen LogP contribution < -0.4 is 5.32 Å². The molecule has 1 heterocycles. The molecule has 7 nitrogen and oxygen atoms in total. The second-order valence-electron chi connectivity index (χ2n) is 7.12. The molecule has 30 heavy (non-hydrogen) atoms. The number of carbonyl (C=O) groups is 2. The molecular formula is C21H23ClN2O5S. The Hall–Kier alpha value is -2.42. The molecule has 0 aromatic heterocycles. The van der Waals surface area contributed by atoms with Gasteiger partial charge in [-0.2, -0.15) is 0 Å². The van der Waals surface area contributed by atoms with Gasteiger partial charge in [0.1, 0.15) is 0 Å². The molecular weight excluding hydrogens is 428 g/mol. The molecule has 0 unspecified atom stereocenters. The number of hydrogen-bond donors (Lipinski definition) is 1. The molecule has 3 rings (SSSR count). The number of hydrogen-bond acceptors (Lipinski definition) is 5. The number of ether oxygens (including phenoxy) is 1. The summed E-state index contributed by atoms with van der Waals surface area (Å²) in [6.07, 6.45) is 0.856. The largest absolute Gasteiger partial charge is 0.465 e. The smallest absolute Gasteiger partial charge is 0.337 e. The Balaban J connectivity index is 1.57. The number of anilines is 1. The van der Waals surface area contributed by atoms with E-state index in [1.165, 1.54) is 11.4 Å². The van der Waals surface area contributed by atoms with Crippen LogP contribution in [0.4, 0.5) is 5.69 Å². The monoisotopic (exact) mass is 450 g/mol. The quantitative estimate of drug-likeness (QED) is 0.681. The number of methoxy groups -OCH3 is 1. The van der Waals surface area contributed by atoms with Gasteiger partial charge in [0.15, 0.2) is 0 Å². The molecule has 1 aliphatic heterocycles. The Bertz CT molecular complexity index is 1030. The summed E-state index contributed by atoms with van der Waals surface area (Å²) in [6.45, 7) is 0.562. The van der Waals surface area contributed by atoms with Crippen molar-refractivity contribution in [1.82, 2.24) is 4.31 Å². The van der Waals surface area contributed by atoms with Gasteiger partial charge >= 0.3 is 5.97 Å². The van der Waals surface area contributed by atoms with Crippen LogP contribution in [0.25, 0.3) is 0 Å². The van der Waals surface area contributed by atoms with Crippen LogP contribution in [-0.4, -0.2) is 44.8 Å². The number of halogens is 1. The van der Waals surface area contributed by atoms with Gasteiger partial charge < -0.3 is 10.1 Å². The number of benzene rings is 2. The highest BCUT2D eigenvalue weighted by molar-refractivity contribution is 7.88. The first-order valence-electron chi connectivity index (χ1n) is 9.50. The summed E-state index contributed by atoms with van der Waals surface area (Å²) in [6, 6.07) is 13.3. The van der Waals surface area contributed by atoms with E-state index >= 15 is 0 Å². The van der Waals surface area contributed by atoms with Crippen molar-refractivity contribution in [3.63, 3.8) is 0 Å². The molecule has 1 amide bonds. The summed E-state index contributed by atoms with van der Waals surface area (Å²) in [5.41, 5.74) is 1.48. The number of esters is 1. The zero-order valence-corrected chi connectivity index (χ0v) is 18.1. The third kappa shape index (κ3) is 5.59. The predicted molar refractivity (Wildman–Crippen MR) is 115 cm³/mol. The van der Waals surface area contributed by atoms with Gasteiger partial charge in [0.05, 0.1) is 18.4 Å². The number of amides is 1. The first-order valence-corrected chi connectivity index (χ1v) is 11.5. The standard InChI is InChI=1S/C21H23ClN2O5S/c1-29-21(26)17-5-3-7-19(13-17)23-20(25)16-8-10-24(11-9-16)30(27,28)14-15-4-2-6-18(22)12-15/h2-7,12-13,16H,8-11,14H2,1H3,(H,23,25). The summed E-state index contributed by atoms with van der Waals surface area (Å²) in [5, 5.41) is 3.30. The van der Waals surface area contributed by atoms with E-state index in [2.05, 4.69) is 10.1 Å². The Morgan fingerprint density at radius 1 is 1.13 bits per heavy atom. The van der Waals surface area contributed by atoms with Crippen LogP contribution in [-0.2, 0) is 25.3 Å². The second-order valence-corrected chi connectivity index (χ2v) is 9.53. The number of sulfonamides is 1. The number of rotatable bonds is 6. The highest BCUT2D eigenvalue weighted by atomic mass is 35.5. The van der Waals surface area contributed by atoms with Crippen LogP contribution in [0.2, 0.25) is 5.02 Å². The van der Waals surface area contributed by atoms with E-state index in [-0.39, 0.29) is 30.7 Å². The summed E-state index contributed by atoms with van der Waals surface area (Å²) in [7, 11) is -2.19. The minimum Gasteiger partial charge on any atom is -0.465 e. The maximum atomic E-state index is 12.7. The van der Waals surface area contributed by atoms with Crippen LogP contribution >= 0.6 is 11.6 Å². The van der Waals surface area contributed by atoms with Crippen LogP contribution in [0.15, 0.2) is 48.5 Å². The minimum absolute atomic E-state index is 0.120. The number of nitrogens with one attached hydrogen (secondary N) is 1. The summed E-state index contributed by atoms with van der Waals surface area (Å²) < 4.78 is 31.5. The van der Waals surface area contributed by atoms with Crippen LogP contribution in [0.5, 0.6) is 0 Å². The second kappa shape index (κ2) is 9.59. The molecule has 160 valence electrons. The molecule has 0 spiro atoms. The molecule has 2 aromatic rings. The third-order valence-corrected chi connectivity index (χ3v) is 7.09. The number of nitrogens with zero attached hydrogens (tertiary/aromatic N) is 1. The Morgan fingerprint density at radius 3 is 2.50 bits per heavy atom. The molecule has 0 radical (unpaired) electrons. The van der Waals surface area contributed by atoms with Gasteiger partial charge in [0, 0.05) is 29.7 Å². The average molecular weight is 451 g/mol. The van der Waals surface area contributed by atoms with Gasteiger partial charge in [0.2, 0.25) is 15.9 Å². The van der Waals surface area contributed by atoms with E-state index in [4.69, 9.17) is 11.6 Å². The van der Waals surface area contributed by atoms with Crippen molar-refractivity contribution in [3.05, 3.63) is 64.7 Å². The predicted octanol–water partition coefficient (Wildman–Crippen LogP) is 3.31. The van der Waals surface area contributed by atoms with E-state index in [9.17, 15) is 18.0 Å². The van der Waals surface area contributed by atoms with E-state index in [0.717, 1.165) is 0 Å². The van der Waals surface area contributed by atoms with Gasteiger partial charge in [-0.1, -0.05) is 29.8 Å². The maximum Gasteiger partial charge on any atom is 0.337 e. The fraction of sp³-hybridized carbons (Fsp3) is 0.333. The first-order chi connectivity index (χ1) is 14.3. The van der Waals surface area contributed by atoms with E-state index in [1.54, 1.807) is 48.5 Å². The molecule has 1 fully saturated rings. The van der Waals surface area contributed by atoms with Gasteiger partial charge in [-0.25, -0.2) is 17.5 Å². The zero-order valence-electron chi connectivity index (χ0n) is 16.5. The minimum atomic E-state index is -3.49. The third-order valence-electron chi connectivity index (χ3n) is 5.01. The molecule has 0 atom stereocenters. The van der Waals surface area contributed by atoms with Crippen molar-refractivity contribution in [3.8, 4) is 0 Å². The van der Waals surface area contributed by atoms with Crippen LogP contribution in [0.3, 0.4) is 0 Å². The molecule has 2 aromatic carbocycles. The summed E-state index contributed by atoms with van der Waals surface area (Å²) >= 11 is 5.94. The number of carbonyl (C=O) groups excluding carboxylic acids is 2. The van der Waals surface area contributed by atoms with E-state index in [1.807, 2.05) is 0 Å². The normalized spacial score (nSPS) is 15.5. The van der Waals surface area contributed by atoms with Gasteiger partial charge in [0.25, 0.3) is 0 Å². The SMILES string of the molecule is COC(=O)c1cccc(NC(=O)C2CCN(S(=O)(=O)Cc3cccc(Cl)c3)CC2)c1. The summed E-state index contributed by atoms with van der Waals surface area (Å²) in [4.78, 5) is 24.2. The lowest BCUT2D eigenvalue weighted by Crippen LogP contribution is -2.41. The van der Waals surface area contributed by atoms with Crippen LogP contribution in [0.1, 0.15) is 28.8 Å². The van der Waals surface area contributed by atoms with Gasteiger partial charge in [-0.05, 0) is 48.7 Å². The highest BCUT2D eigenvalue weighted by Gasteiger charge is 2.31. The molecule has 0 aliphatic carbocycles. The van der Waals surface area contributed by atoms with E-state index in [0.29, 0.717) is 34.7 Å². The molecule has 0 bridgehead atoms. The van der Waals surface area contributed by atoms with Gasteiger partial charge in [-0.3, -0.25) is 4.79 Å². The first kappa shape index (κ1) is 22.3. The van der Waals surface area contributed by atoms with Gasteiger partial charge in [-0.15, -0.1) is 0 Å². The number of piperidine rings is 1. The topological polar surface area (TPSA) is 92.8 Å². The van der Waals surface area contributed by atoms with Crippen molar-refractivity contribution < 1.29 is 22.7 Å². The summed E-state index contributed by atoms with van der Waals surface area (Å²) in [5.74, 6) is -1.09.